The van der Waals surface area contributed by atoms with Gasteiger partial charge >= 0.3 is 5.97 Å². The van der Waals surface area contributed by atoms with Gasteiger partial charge in [-0.25, -0.2) is 17.5 Å². The lowest BCUT2D eigenvalue weighted by Gasteiger charge is -2.18. The fourth-order valence-corrected chi connectivity index (χ4v) is 2.79. The summed E-state index contributed by atoms with van der Waals surface area (Å²) >= 11 is 0. The number of anilines is 2. The van der Waals surface area contributed by atoms with Crippen molar-refractivity contribution in [3.63, 3.8) is 0 Å². The van der Waals surface area contributed by atoms with Gasteiger partial charge in [-0.2, -0.15) is 0 Å². The van der Waals surface area contributed by atoms with Gasteiger partial charge in [0.1, 0.15) is 12.3 Å². The Labute approximate surface area is 144 Å². The van der Waals surface area contributed by atoms with Crippen molar-refractivity contribution in [1.82, 2.24) is 5.16 Å². The number of nitrogens with zero attached hydrogens (tertiary/aromatic N) is 2. The predicted molar refractivity (Wildman–Crippen MR) is 89.8 cm³/mol. The molecule has 0 aliphatic carbocycles. The van der Waals surface area contributed by atoms with Gasteiger partial charge in [0.25, 0.3) is 0 Å². The molecule has 0 bridgehead atoms. The van der Waals surface area contributed by atoms with E-state index in [1.54, 1.807) is 19.1 Å². The highest BCUT2D eigenvalue weighted by atomic mass is 32.2. The molecule has 1 aromatic heterocycles. The molecule has 0 atom stereocenters. The summed E-state index contributed by atoms with van der Waals surface area (Å²) in [5, 5.41) is 6.15. The van der Waals surface area contributed by atoms with Crippen LogP contribution < -0.4 is 9.62 Å². The van der Waals surface area contributed by atoms with E-state index >= 15 is 0 Å². The van der Waals surface area contributed by atoms with E-state index in [4.69, 9.17) is 4.52 Å². The summed E-state index contributed by atoms with van der Waals surface area (Å²) in [5.74, 6) is -0.728. The molecular weight excluding hydrogens is 350 g/mol. The Balaban J connectivity index is 2.16. The lowest BCUT2D eigenvalue weighted by Crippen LogP contribution is -2.37. The van der Waals surface area contributed by atoms with Crippen LogP contribution in [-0.4, -0.2) is 45.4 Å². The number of esters is 1. The normalized spacial score (nSPS) is 11.0. The summed E-state index contributed by atoms with van der Waals surface area (Å²) in [4.78, 5) is 23.7. The maximum Gasteiger partial charge on any atom is 0.337 e. The van der Waals surface area contributed by atoms with Gasteiger partial charge in [0.2, 0.25) is 15.9 Å². The van der Waals surface area contributed by atoms with Gasteiger partial charge in [0.05, 0.1) is 18.9 Å². The number of nitrogens with one attached hydrogen (secondary N) is 1. The summed E-state index contributed by atoms with van der Waals surface area (Å²) in [6, 6.07) is 7.50. The van der Waals surface area contributed by atoms with E-state index in [2.05, 4.69) is 15.2 Å². The second-order valence-electron chi connectivity index (χ2n) is 5.19. The van der Waals surface area contributed by atoms with Gasteiger partial charge in [-0.15, -0.1) is 0 Å². The number of hydrogen-bond donors (Lipinski definition) is 1. The van der Waals surface area contributed by atoms with Crippen LogP contribution in [0.4, 0.5) is 11.5 Å². The SMILES string of the molecule is COC(=O)c1cccc(NC(=O)CN(c2cc(C)on2)S(C)(=O)=O)c1. The fraction of sp³-hybridized carbons (Fsp3) is 0.267. The molecule has 10 heteroatoms. The Hall–Kier alpha value is -2.88. The largest absolute Gasteiger partial charge is 0.465 e. The molecule has 0 radical (unpaired) electrons. The quantitative estimate of drug-likeness (QED) is 0.761. The topological polar surface area (TPSA) is 119 Å². The van der Waals surface area contributed by atoms with Gasteiger partial charge in [0.15, 0.2) is 5.82 Å². The van der Waals surface area contributed by atoms with Crippen LogP contribution in [-0.2, 0) is 19.6 Å². The molecule has 0 saturated carbocycles. The molecular formula is C15H17N3O6S. The minimum atomic E-state index is -3.74. The number of benzene rings is 1. The zero-order valence-corrected chi connectivity index (χ0v) is 14.7. The van der Waals surface area contributed by atoms with Gasteiger partial charge < -0.3 is 14.6 Å². The third-order valence-electron chi connectivity index (χ3n) is 3.13. The molecule has 134 valence electrons. The van der Waals surface area contributed by atoms with Crippen LogP contribution in [0, 0.1) is 6.92 Å². The molecule has 1 amide bonds. The summed E-state index contributed by atoms with van der Waals surface area (Å²) in [6.07, 6.45) is 0.960. The van der Waals surface area contributed by atoms with E-state index in [9.17, 15) is 18.0 Å². The van der Waals surface area contributed by atoms with Crippen molar-refractivity contribution in [2.75, 3.05) is 29.5 Å². The van der Waals surface area contributed by atoms with E-state index in [-0.39, 0.29) is 11.4 Å². The second kappa shape index (κ2) is 7.34. The first-order valence-electron chi connectivity index (χ1n) is 7.10. The summed E-state index contributed by atoms with van der Waals surface area (Å²) in [5.41, 5.74) is 0.588. The molecule has 0 aliphatic rings. The van der Waals surface area contributed by atoms with E-state index in [1.807, 2.05) is 0 Å². The molecule has 2 aromatic rings. The minimum absolute atomic E-state index is 0.0125. The van der Waals surface area contributed by atoms with Crippen LogP contribution in [0.25, 0.3) is 0 Å². The highest BCUT2D eigenvalue weighted by Crippen LogP contribution is 2.17. The maximum atomic E-state index is 12.2. The monoisotopic (exact) mass is 367 g/mol. The van der Waals surface area contributed by atoms with E-state index in [1.165, 1.54) is 25.3 Å². The molecule has 2 rings (SSSR count). The number of sulfonamides is 1. The fourth-order valence-electron chi connectivity index (χ4n) is 2.01. The number of methoxy groups -OCH3 is 1. The number of carbonyl (C=O) groups is 2. The molecule has 0 spiro atoms. The predicted octanol–water partition coefficient (Wildman–Crippen LogP) is 1.17. The first kappa shape index (κ1) is 18.5. The smallest absolute Gasteiger partial charge is 0.337 e. The minimum Gasteiger partial charge on any atom is -0.465 e. The zero-order valence-electron chi connectivity index (χ0n) is 13.8. The maximum absolute atomic E-state index is 12.2. The number of hydrogen-bond acceptors (Lipinski definition) is 7. The lowest BCUT2D eigenvalue weighted by atomic mass is 10.2. The molecule has 0 fully saturated rings. The summed E-state index contributed by atoms with van der Waals surface area (Å²) in [7, 11) is -2.49. The first-order valence-corrected chi connectivity index (χ1v) is 8.95. The van der Waals surface area contributed by atoms with E-state index < -0.39 is 28.4 Å². The van der Waals surface area contributed by atoms with Gasteiger partial charge in [-0.05, 0) is 25.1 Å². The molecule has 1 aromatic carbocycles. The van der Waals surface area contributed by atoms with Crippen LogP contribution in [0.3, 0.4) is 0 Å². The van der Waals surface area contributed by atoms with Crippen LogP contribution in [0.1, 0.15) is 16.1 Å². The molecule has 0 saturated heterocycles. The van der Waals surface area contributed by atoms with Crippen LogP contribution in [0.15, 0.2) is 34.9 Å². The third kappa shape index (κ3) is 4.80. The highest BCUT2D eigenvalue weighted by molar-refractivity contribution is 7.92. The van der Waals surface area contributed by atoms with Crippen molar-refractivity contribution >= 4 is 33.4 Å². The number of aromatic nitrogens is 1. The molecule has 1 heterocycles. The zero-order chi connectivity index (χ0) is 18.6. The standard InChI is InChI=1S/C15H17N3O6S/c1-10-7-13(17-24-10)18(25(3,21)22)9-14(19)16-12-6-4-5-11(8-12)15(20)23-2/h4-8H,9H2,1-3H3,(H,16,19). The van der Waals surface area contributed by atoms with Crippen molar-refractivity contribution in [2.24, 2.45) is 0 Å². The van der Waals surface area contributed by atoms with Crippen molar-refractivity contribution in [3.8, 4) is 0 Å². The van der Waals surface area contributed by atoms with Crippen molar-refractivity contribution < 1.29 is 27.3 Å². The number of rotatable bonds is 6. The van der Waals surface area contributed by atoms with Gasteiger partial charge in [-0.1, -0.05) is 11.2 Å². The van der Waals surface area contributed by atoms with Crippen LogP contribution in [0.5, 0.6) is 0 Å². The van der Waals surface area contributed by atoms with E-state index in [0.717, 1.165) is 10.6 Å². The number of carbonyl (C=O) groups excluding carboxylic acids is 2. The van der Waals surface area contributed by atoms with Crippen molar-refractivity contribution in [1.29, 1.82) is 0 Å². The number of ether oxygens (including phenoxy) is 1. The second-order valence-corrected chi connectivity index (χ2v) is 7.09. The van der Waals surface area contributed by atoms with Crippen molar-refractivity contribution in [2.45, 2.75) is 6.92 Å². The lowest BCUT2D eigenvalue weighted by molar-refractivity contribution is -0.114. The molecule has 0 unspecified atom stereocenters. The van der Waals surface area contributed by atoms with Crippen LogP contribution >= 0.6 is 0 Å². The average molecular weight is 367 g/mol. The number of amides is 1. The molecule has 1 N–H and O–H groups in total. The molecule has 9 nitrogen and oxygen atoms in total. The Morgan fingerprint density at radius 3 is 2.60 bits per heavy atom. The Kier molecular flexibility index (Phi) is 5.42. The van der Waals surface area contributed by atoms with Crippen LogP contribution in [0.2, 0.25) is 0 Å². The Morgan fingerprint density at radius 1 is 1.32 bits per heavy atom. The highest BCUT2D eigenvalue weighted by Gasteiger charge is 2.24. The molecule has 25 heavy (non-hydrogen) atoms. The Morgan fingerprint density at radius 2 is 2.04 bits per heavy atom. The third-order valence-corrected chi connectivity index (χ3v) is 4.24. The average Bonchev–Trinajstić information content (AvgIpc) is 2.97. The summed E-state index contributed by atoms with van der Waals surface area (Å²) in [6.45, 7) is 1.11. The molecule has 0 aliphatic heterocycles. The van der Waals surface area contributed by atoms with E-state index in [0.29, 0.717) is 11.4 Å². The van der Waals surface area contributed by atoms with Crippen molar-refractivity contribution in [3.05, 3.63) is 41.7 Å². The first-order chi connectivity index (χ1) is 11.7. The van der Waals surface area contributed by atoms with Gasteiger partial charge in [0, 0.05) is 11.8 Å². The van der Waals surface area contributed by atoms with Gasteiger partial charge in [-0.3, -0.25) is 4.79 Å². The summed E-state index contributed by atoms with van der Waals surface area (Å²) < 4.78 is 34.1. The Bertz CT molecular complexity index is 890. The number of aryl methyl sites for hydroxylation is 1.